The van der Waals surface area contributed by atoms with Crippen molar-refractivity contribution in [2.24, 2.45) is 0 Å². The Hall–Kier alpha value is -3.55. The number of hydrogen-bond acceptors (Lipinski definition) is 5. The van der Waals surface area contributed by atoms with Crippen molar-refractivity contribution in [3.63, 3.8) is 0 Å². The fourth-order valence-electron chi connectivity index (χ4n) is 3.24. The van der Waals surface area contributed by atoms with Crippen LogP contribution in [0, 0.1) is 6.92 Å². The lowest BCUT2D eigenvalue weighted by molar-refractivity contribution is -0.121. The van der Waals surface area contributed by atoms with E-state index in [4.69, 9.17) is 0 Å². The number of fused-ring (bicyclic) bond motifs is 2. The molecule has 8 heteroatoms. The molecule has 0 unspecified atom stereocenters. The molecule has 2 heterocycles. The highest BCUT2D eigenvalue weighted by atomic mass is 16.2. The maximum Gasteiger partial charge on any atom is 0.275 e. The number of carbonyl (C=O) groups is 1. The molecule has 0 atom stereocenters. The fraction of sp³-hybridized carbons (Fsp3) is 0.250. The summed E-state index contributed by atoms with van der Waals surface area (Å²) in [4.78, 5) is 24.8. The van der Waals surface area contributed by atoms with Crippen molar-refractivity contribution >= 4 is 27.7 Å². The monoisotopic (exact) mass is 376 g/mol. The van der Waals surface area contributed by atoms with Crippen molar-refractivity contribution in [1.82, 2.24) is 30.1 Å². The molecule has 0 aliphatic rings. The highest BCUT2D eigenvalue weighted by Crippen LogP contribution is 2.12. The van der Waals surface area contributed by atoms with Crippen molar-refractivity contribution < 1.29 is 4.79 Å². The Morgan fingerprint density at radius 3 is 2.64 bits per heavy atom. The van der Waals surface area contributed by atoms with Gasteiger partial charge in [-0.05, 0) is 31.5 Å². The first-order valence-electron chi connectivity index (χ1n) is 9.15. The molecule has 0 aliphatic heterocycles. The van der Waals surface area contributed by atoms with E-state index in [-0.39, 0.29) is 18.0 Å². The van der Waals surface area contributed by atoms with Gasteiger partial charge in [0, 0.05) is 18.5 Å². The largest absolute Gasteiger partial charge is 0.354 e. The molecule has 0 spiro atoms. The maximum absolute atomic E-state index is 12.5. The lowest BCUT2D eigenvalue weighted by Gasteiger charge is -2.09. The SMILES string of the molecule is Cc1nn(CC(=O)NCCCn2nnc3ccccc32)c(=O)c2ccccc12. The van der Waals surface area contributed by atoms with E-state index < -0.39 is 0 Å². The molecule has 142 valence electrons. The lowest BCUT2D eigenvalue weighted by Crippen LogP contribution is -2.34. The standard InChI is InChI=1S/C20H20N6O2/c1-14-15-7-2-3-8-16(15)20(28)26(23-14)13-19(27)21-11-6-12-25-18-10-5-4-9-17(18)22-24-25/h2-5,7-10H,6,11-13H2,1H3,(H,21,27). The van der Waals surface area contributed by atoms with E-state index in [1.807, 2.05) is 48.0 Å². The molecule has 0 fully saturated rings. The smallest absolute Gasteiger partial charge is 0.275 e. The number of hydrogen-bond donors (Lipinski definition) is 1. The number of nitrogens with one attached hydrogen (secondary N) is 1. The second kappa shape index (κ2) is 7.59. The summed E-state index contributed by atoms with van der Waals surface area (Å²) in [7, 11) is 0. The zero-order valence-electron chi connectivity index (χ0n) is 15.5. The van der Waals surface area contributed by atoms with E-state index in [1.54, 1.807) is 12.1 Å². The number of para-hydroxylation sites is 1. The van der Waals surface area contributed by atoms with Crippen molar-refractivity contribution in [2.75, 3.05) is 6.54 Å². The van der Waals surface area contributed by atoms with Crippen molar-refractivity contribution in [2.45, 2.75) is 26.4 Å². The summed E-state index contributed by atoms with van der Waals surface area (Å²) in [5.41, 5.74) is 2.28. The maximum atomic E-state index is 12.5. The Balaban J connectivity index is 1.35. The van der Waals surface area contributed by atoms with E-state index in [0.29, 0.717) is 24.9 Å². The number of aryl methyl sites for hydroxylation is 2. The number of carbonyl (C=O) groups excluding carboxylic acids is 1. The minimum absolute atomic E-state index is 0.100. The Labute approximate surface area is 160 Å². The molecule has 0 radical (unpaired) electrons. The molecular weight excluding hydrogens is 356 g/mol. The van der Waals surface area contributed by atoms with Gasteiger partial charge >= 0.3 is 0 Å². The van der Waals surface area contributed by atoms with E-state index in [9.17, 15) is 9.59 Å². The van der Waals surface area contributed by atoms with Crippen molar-refractivity contribution in [1.29, 1.82) is 0 Å². The summed E-state index contributed by atoms with van der Waals surface area (Å²) >= 11 is 0. The van der Waals surface area contributed by atoms with Gasteiger partial charge in [-0.2, -0.15) is 5.10 Å². The Bertz CT molecular complexity index is 1210. The molecule has 2 aromatic carbocycles. The summed E-state index contributed by atoms with van der Waals surface area (Å²) in [6.45, 7) is 2.86. The van der Waals surface area contributed by atoms with Gasteiger partial charge in [-0.1, -0.05) is 35.5 Å². The average molecular weight is 376 g/mol. The van der Waals surface area contributed by atoms with Gasteiger partial charge in [0.25, 0.3) is 5.56 Å². The molecule has 1 N–H and O–H groups in total. The number of rotatable bonds is 6. The Morgan fingerprint density at radius 1 is 1.04 bits per heavy atom. The minimum Gasteiger partial charge on any atom is -0.354 e. The molecule has 4 rings (SSSR count). The molecule has 8 nitrogen and oxygen atoms in total. The molecule has 0 saturated heterocycles. The van der Waals surface area contributed by atoms with Crippen LogP contribution in [0.5, 0.6) is 0 Å². The summed E-state index contributed by atoms with van der Waals surface area (Å²) in [6, 6.07) is 15.0. The number of nitrogens with zero attached hydrogens (tertiary/aromatic N) is 5. The predicted octanol–water partition coefficient (Wildman–Crippen LogP) is 1.66. The predicted molar refractivity (Wildman–Crippen MR) is 106 cm³/mol. The first kappa shape index (κ1) is 17.8. The van der Waals surface area contributed by atoms with Crippen LogP contribution in [0.4, 0.5) is 0 Å². The van der Waals surface area contributed by atoms with Crippen LogP contribution in [0.3, 0.4) is 0 Å². The Morgan fingerprint density at radius 2 is 1.79 bits per heavy atom. The van der Waals surface area contributed by atoms with Crippen LogP contribution >= 0.6 is 0 Å². The molecule has 4 aromatic rings. The lowest BCUT2D eigenvalue weighted by atomic mass is 10.1. The summed E-state index contributed by atoms with van der Waals surface area (Å²) in [5.74, 6) is -0.243. The van der Waals surface area contributed by atoms with Crippen molar-refractivity contribution in [3.05, 3.63) is 64.6 Å². The van der Waals surface area contributed by atoms with Crippen LogP contribution in [-0.2, 0) is 17.9 Å². The molecule has 0 bridgehead atoms. The zero-order chi connectivity index (χ0) is 19.5. The van der Waals surface area contributed by atoms with Crippen LogP contribution in [-0.4, -0.2) is 37.2 Å². The van der Waals surface area contributed by atoms with E-state index in [2.05, 4.69) is 20.7 Å². The van der Waals surface area contributed by atoms with Gasteiger partial charge < -0.3 is 5.32 Å². The highest BCUT2D eigenvalue weighted by Gasteiger charge is 2.10. The first-order valence-corrected chi connectivity index (χ1v) is 9.15. The summed E-state index contributed by atoms with van der Waals surface area (Å²) in [5, 5.41) is 16.7. The van der Waals surface area contributed by atoms with Gasteiger partial charge in [-0.25, -0.2) is 9.36 Å². The van der Waals surface area contributed by atoms with Gasteiger partial charge in [0.2, 0.25) is 5.91 Å². The van der Waals surface area contributed by atoms with E-state index >= 15 is 0 Å². The van der Waals surface area contributed by atoms with Gasteiger partial charge in [0.05, 0.1) is 16.6 Å². The molecule has 0 aliphatic carbocycles. The zero-order valence-corrected chi connectivity index (χ0v) is 15.5. The third-order valence-electron chi connectivity index (χ3n) is 4.63. The normalized spacial score (nSPS) is 11.2. The number of amides is 1. The average Bonchev–Trinajstić information content (AvgIpc) is 3.12. The van der Waals surface area contributed by atoms with Gasteiger partial charge in [-0.3, -0.25) is 9.59 Å². The summed E-state index contributed by atoms with van der Waals surface area (Å²) < 4.78 is 3.04. The molecule has 1 amide bonds. The number of aromatic nitrogens is 5. The van der Waals surface area contributed by atoms with Crippen LogP contribution in [0.25, 0.3) is 21.8 Å². The van der Waals surface area contributed by atoms with Crippen LogP contribution in [0.15, 0.2) is 53.3 Å². The third-order valence-corrected chi connectivity index (χ3v) is 4.63. The van der Waals surface area contributed by atoms with Gasteiger partial charge in [0.1, 0.15) is 12.1 Å². The number of benzene rings is 2. The van der Waals surface area contributed by atoms with Crippen molar-refractivity contribution in [3.8, 4) is 0 Å². The minimum atomic E-state index is -0.259. The highest BCUT2D eigenvalue weighted by molar-refractivity contribution is 5.83. The Kier molecular flexibility index (Phi) is 4.84. The van der Waals surface area contributed by atoms with Gasteiger partial charge in [0.15, 0.2) is 0 Å². The third kappa shape index (κ3) is 3.48. The molecular formula is C20H20N6O2. The van der Waals surface area contributed by atoms with Crippen LogP contribution in [0.2, 0.25) is 0 Å². The second-order valence-electron chi connectivity index (χ2n) is 6.60. The first-order chi connectivity index (χ1) is 13.6. The van der Waals surface area contributed by atoms with E-state index in [0.717, 1.165) is 22.1 Å². The van der Waals surface area contributed by atoms with Gasteiger partial charge in [-0.15, -0.1) is 5.10 Å². The van der Waals surface area contributed by atoms with Crippen LogP contribution < -0.4 is 10.9 Å². The molecule has 0 saturated carbocycles. The molecule has 28 heavy (non-hydrogen) atoms. The fourth-order valence-corrected chi connectivity index (χ4v) is 3.24. The molecule has 2 aromatic heterocycles. The topological polar surface area (TPSA) is 94.7 Å². The second-order valence-corrected chi connectivity index (χ2v) is 6.60. The van der Waals surface area contributed by atoms with Crippen LogP contribution in [0.1, 0.15) is 12.1 Å². The van der Waals surface area contributed by atoms with E-state index in [1.165, 1.54) is 4.68 Å². The summed E-state index contributed by atoms with van der Waals surface area (Å²) in [6.07, 6.45) is 0.707. The quantitative estimate of drug-likeness (QED) is 0.517.